The summed E-state index contributed by atoms with van der Waals surface area (Å²) in [7, 11) is 0. The Hall–Kier alpha value is -0.0400. The number of Topliss-reactive ketones (excluding diaryl/α,β-unsaturated/α-hetero) is 1. The molecule has 1 N–H and O–H groups in total. The molecule has 26 heavy (non-hydrogen) atoms. The topological polar surface area (TPSA) is 37.3 Å². The van der Waals surface area contributed by atoms with Gasteiger partial charge in [0, 0.05) is 11.3 Å². The minimum Gasteiger partial charge on any atom is -0.378 e. The van der Waals surface area contributed by atoms with Crippen LogP contribution >= 0.6 is 27.5 Å². The molecule has 2 nitrogen and oxygen atoms in total. The molecule has 8 atom stereocenters. The molecular formula is C22H30BrClO2. The molecule has 0 bridgehead atoms. The molecule has 0 spiro atoms. The van der Waals surface area contributed by atoms with Gasteiger partial charge in [0.1, 0.15) is 11.4 Å². The molecule has 144 valence electrons. The van der Waals surface area contributed by atoms with E-state index in [1.807, 2.05) is 0 Å². The zero-order valence-electron chi connectivity index (χ0n) is 15.6. The summed E-state index contributed by atoms with van der Waals surface area (Å²) in [5.41, 5.74) is -0.641. The number of halogens is 2. The van der Waals surface area contributed by atoms with Gasteiger partial charge in [-0.15, -0.1) is 0 Å². The normalized spacial score (nSPS) is 50.0. The SMILES string of the molecule is CC12CCC3C4CCC(O)(C#CCl)CC4CCC3C1CCC2C(=O)CBr. The molecular weight excluding hydrogens is 412 g/mol. The van der Waals surface area contributed by atoms with Gasteiger partial charge in [0.25, 0.3) is 0 Å². The van der Waals surface area contributed by atoms with Gasteiger partial charge in [-0.05, 0) is 104 Å². The number of hydrogen-bond donors (Lipinski definition) is 1. The molecule has 8 unspecified atom stereocenters. The summed E-state index contributed by atoms with van der Waals surface area (Å²) in [6.07, 6.45) is 9.93. The van der Waals surface area contributed by atoms with Gasteiger partial charge in [0.15, 0.2) is 0 Å². The number of ketones is 1. The van der Waals surface area contributed by atoms with Crippen LogP contribution in [0.25, 0.3) is 0 Å². The molecule has 0 amide bonds. The minimum absolute atomic E-state index is 0.221. The second-order valence-corrected chi connectivity index (χ2v) is 10.5. The summed E-state index contributed by atoms with van der Waals surface area (Å²) in [6.45, 7) is 2.41. The number of fused-ring (bicyclic) bond motifs is 5. The van der Waals surface area contributed by atoms with Crippen molar-refractivity contribution < 1.29 is 9.90 Å². The van der Waals surface area contributed by atoms with Crippen molar-refractivity contribution in [2.24, 2.45) is 40.9 Å². The fraction of sp³-hybridized carbons (Fsp3) is 0.864. The van der Waals surface area contributed by atoms with Crippen LogP contribution in [0.5, 0.6) is 0 Å². The molecule has 4 saturated carbocycles. The van der Waals surface area contributed by atoms with Crippen molar-refractivity contribution >= 4 is 33.3 Å². The van der Waals surface area contributed by atoms with Crippen LogP contribution in [0.4, 0.5) is 0 Å². The molecule has 0 aromatic carbocycles. The highest BCUT2D eigenvalue weighted by molar-refractivity contribution is 9.09. The van der Waals surface area contributed by atoms with Gasteiger partial charge in [-0.25, -0.2) is 0 Å². The van der Waals surface area contributed by atoms with Crippen LogP contribution in [0, 0.1) is 52.2 Å². The fourth-order valence-corrected chi connectivity index (χ4v) is 8.27. The lowest BCUT2D eigenvalue weighted by atomic mass is 9.49. The standard InChI is InChI=1S/C22H30BrClO2/c1-21-8-6-16-15-7-9-22(26,10-11-24)12-14(15)2-3-17(16)18(21)4-5-19(21)20(25)13-23/h14-19,26H,2-9,12-13H2,1H3. The Morgan fingerprint density at radius 3 is 2.62 bits per heavy atom. The number of carbonyl (C=O) groups is 1. The number of alkyl halides is 1. The van der Waals surface area contributed by atoms with E-state index < -0.39 is 5.60 Å². The summed E-state index contributed by atoms with van der Waals surface area (Å²) in [4.78, 5) is 12.5. The first kappa shape index (κ1) is 19.3. The van der Waals surface area contributed by atoms with Gasteiger partial charge in [-0.1, -0.05) is 28.8 Å². The van der Waals surface area contributed by atoms with E-state index in [2.05, 4.69) is 34.2 Å². The third kappa shape index (κ3) is 2.99. The summed E-state index contributed by atoms with van der Waals surface area (Å²) in [6, 6.07) is 0. The van der Waals surface area contributed by atoms with Gasteiger partial charge in [-0.2, -0.15) is 0 Å². The number of carbonyl (C=O) groups excluding carboxylic acids is 1. The van der Waals surface area contributed by atoms with E-state index in [0.29, 0.717) is 17.0 Å². The molecule has 0 aliphatic heterocycles. The maximum Gasteiger partial charge on any atom is 0.147 e. The monoisotopic (exact) mass is 440 g/mol. The van der Waals surface area contributed by atoms with Gasteiger partial charge in [0.05, 0.1) is 5.33 Å². The van der Waals surface area contributed by atoms with Crippen molar-refractivity contribution in [3.05, 3.63) is 0 Å². The van der Waals surface area contributed by atoms with Gasteiger partial charge in [-0.3, -0.25) is 4.79 Å². The van der Waals surface area contributed by atoms with Gasteiger partial charge >= 0.3 is 0 Å². The van der Waals surface area contributed by atoms with Crippen molar-refractivity contribution in [2.75, 3.05) is 5.33 Å². The van der Waals surface area contributed by atoms with Gasteiger partial charge < -0.3 is 5.11 Å². The van der Waals surface area contributed by atoms with Crippen LogP contribution in [0.1, 0.15) is 64.7 Å². The van der Waals surface area contributed by atoms with Crippen LogP contribution in [0.2, 0.25) is 0 Å². The van der Waals surface area contributed by atoms with Crippen LogP contribution in [0.15, 0.2) is 0 Å². The average molecular weight is 442 g/mol. The number of rotatable bonds is 2. The van der Waals surface area contributed by atoms with Crippen molar-refractivity contribution in [1.29, 1.82) is 0 Å². The molecule has 4 aliphatic rings. The Kier molecular flexibility index (Phi) is 5.26. The van der Waals surface area contributed by atoms with Gasteiger partial charge in [0.2, 0.25) is 0 Å². The van der Waals surface area contributed by atoms with E-state index in [-0.39, 0.29) is 11.3 Å². The molecule has 0 heterocycles. The van der Waals surface area contributed by atoms with E-state index in [1.165, 1.54) is 32.1 Å². The highest BCUT2D eigenvalue weighted by Crippen LogP contribution is 2.64. The van der Waals surface area contributed by atoms with Crippen LogP contribution in [-0.2, 0) is 4.79 Å². The highest BCUT2D eigenvalue weighted by atomic mass is 79.9. The van der Waals surface area contributed by atoms with E-state index in [0.717, 1.165) is 49.4 Å². The summed E-state index contributed by atoms with van der Waals surface area (Å²) in [5.74, 6) is 7.18. The van der Waals surface area contributed by atoms with Crippen LogP contribution in [-0.4, -0.2) is 21.8 Å². The van der Waals surface area contributed by atoms with E-state index in [1.54, 1.807) is 0 Å². The second-order valence-electron chi connectivity index (χ2n) is 9.70. The molecule has 0 radical (unpaired) electrons. The first-order valence-corrected chi connectivity index (χ1v) is 11.9. The van der Waals surface area contributed by atoms with Crippen molar-refractivity contribution in [3.63, 3.8) is 0 Å². The molecule has 0 aromatic heterocycles. The zero-order chi connectivity index (χ0) is 18.5. The Bertz CT molecular complexity index is 640. The third-order valence-corrected chi connectivity index (χ3v) is 9.46. The minimum atomic E-state index is -0.861. The average Bonchev–Trinajstić information content (AvgIpc) is 2.98. The predicted octanol–water partition coefficient (Wildman–Crippen LogP) is 5.15. The summed E-state index contributed by atoms with van der Waals surface area (Å²) >= 11 is 9.00. The molecule has 4 heteroatoms. The van der Waals surface area contributed by atoms with Crippen LogP contribution in [0.3, 0.4) is 0 Å². The quantitative estimate of drug-likeness (QED) is 0.475. The Labute approximate surface area is 171 Å². The molecule has 0 saturated heterocycles. The maximum atomic E-state index is 12.5. The maximum absolute atomic E-state index is 12.5. The lowest BCUT2D eigenvalue weighted by molar-refractivity contribution is -0.129. The molecule has 4 aliphatic carbocycles. The van der Waals surface area contributed by atoms with Crippen molar-refractivity contribution in [2.45, 2.75) is 70.3 Å². The summed E-state index contributed by atoms with van der Waals surface area (Å²) in [5, 5.41) is 13.7. The Balaban J connectivity index is 1.52. The Morgan fingerprint density at radius 1 is 1.12 bits per heavy atom. The Morgan fingerprint density at radius 2 is 1.88 bits per heavy atom. The predicted molar refractivity (Wildman–Crippen MR) is 108 cm³/mol. The molecule has 4 fully saturated rings. The zero-order valence-corrected chi connectivity index (χ0v) is 18.0. The van der Waals surface area contributed by atoms with E-state index >= 15 is 0 Å². The van der Waals surface area contributed by atoms with E-state index in [9.17, 15) is 9.90 Å². The lowest BCUT2D eigenvalue weighted by Gasteiger charge is -2.56. The van der Waals surface area contributed by atoms with E-state index in [4.69, 9.17) is 11.6 Å². The highest BCUT2D eigenvalue weighted by Gasteiger charge is 2.58. The molecule has 4 rings (SSSR count). The number of hydrogen-bond acceptors (Lipinski definition) is 2. The largest absolute Gasteiger partial charge is 0.378 e. The van der Waals surface area contributed by atoms with Crippen molar-refractivity contribution in [1.82, 2.24) is 0 Å². The smallest absolute Gasteiger partial charge is 0.147 e. The molecule has 0 aromatic rings. The first-order valence-electron chi connectivity index (χ1n) is 10.4. The van der Waals surface area contributed by atoms with Crippen LogP contribution < -0.4 is 0 Å². The fourth-order valence-electron chi connectivity index (χ4n) is 7.70. The van der Waals surface area contributed by atoms with Crippen molar-refractivity contribution in [3.8, 4) is 11.3 Å². The lowest BCUT2D eigenvalue weighted by Crippen LogP contribution is -2.51. The first-order chi connectivity index (χ1) is 12.4. The number of aliphatic hydroxyl groups is 1. The third-order valence-electron chi connectivity index (χ3n) is 8.81. The second kappa shape index (κ2) is 7.09. The summed E-state index contributed by atoms with van der Waals surface area (Å²) < 4.78 is 0.